The fraction of sp³-hybridized carbons (Fsp3) is 0.235. The summed E-state index contributed by atoms with van der Waals surface area (Å²) in [5.74, 6) is 0.295. The minimum absolute atomic E-state index is 0.0229. The molecule has 0 radical (unpaired) electrons. The van der Waals surface area contributed by atoms with Crippen LogP contribution in [0.5, 0.6) is 0 Å². The predicted octanol–water partition coefficient (Wildman–Crippen LogP) is 4.28. The molecule has 0 saturated carbocycles. The molecule has 0 amide bonds. The summed E-state index contributed by atoms with van der Waals surface area (Å²) in [4.78, 5) is 10.3. The zero-order chi connectivity index (χ0) is 16.1. The van der Waals surface area contributed by atoms with Gasteiger partial charge in [0.05, 0.1) is 22.2 Å². The summed E-state index contributed by atoms with van der Waals surface area (Å²) < 4.78 is 0. The molecule has 5 nitrogen and oxygen atoms in total. The van der Waals surface area contributed by atoms with Gasteiger partial charge in [-0.05, 0) is 17.5 Å². The number of non-ortho nitro benzene ring substituents is 1. The van der Waals surface area contributed by atoms with Crippen LogP contribution in [0, 0.1) is 27.4 Å². The molecule has 2 rings (SSSR count). The quantitative estimate of drug-likeness (QED) is 0.659. The van der Waals surface area contributed by atoms with Gasteiger partial charge in [0.2, 0.25) is 0 Å². The highest BCUT2D eigenvalue weighted by Gasteiger charge is 2.18. The predicted molar refractivity (Wildman–Crippen MR) is 85.5 cm³/mol. The Labute approximate surface area is 129 Å². The maximum absolute atomic E-state index is 10.8. The van der Waals surface area contributed by atoms with Crippen LogP contribution in [0.15, 0.2) is 48.5 Å². The zero-order valence-electron chi connectivity index (χ0n) is 12.5. The van der Waals surface area contributed by atoms with E-state index in [1.54, 1.807) is 6.07 Å². The minimum atomic E-state index is -0.498. The number of hydrogen-bond acceptors (Lipinski definition) is 4. The first-order chi connectivity index (χ1) is 10.5. The Morgan fingerprint density at radius 1 is 1.18 bits per heavy atom. The summed E-state index contributed by atoms with van der Waals surface area (Å²) in [6.45, 7) is 4.17. The standard InChI is InChI=1S/C17H17N3O2/c1-12(2)17(13-6-4-3-5-7-13)19-16-9-8-15(20(21)22)10-14(16)11-18/h3-10,12,17,19H,1-2H3. The van der Waals surface area contributed by atoms with E-state index < -0.39 is 4.92 Å². The number of nitro groups is 1. The third-order valence-electron chi connectivity index (χ3n) is 3.47. The van der Waals surface area contributed by atoms with Gasteiger partial charge in [-0.1, -0.05) is 44.2 Å². The summed E-state index contributed by atoms with van der Waals surface area (Å²) in [5.41, 5.74) is 1.91. The smallest absolute Gasteiger partial charge is 0.270 e. The first-order valence-electron chi connectivity index (χ1n) is 7.03. The Morgan fingerprint density at radius 3 is 2.41 bits per heavy atom. The lowest BCUT2D eigenvalue weighted by atomic mass is 9.95. The van der Waals surface area contributed by atoms with E-state index in [-0.39, 0.29) is 17.3 Å². The minimum Gasteiger partial charge on any atom is -0.377 e. The van der Waals surface area contributed by atoms with Crippen molar-refractivity contribution >= 4 is 11.4 Å². The summed E-state index contributed by atoms with van der Waals surface area (Å²) in [6, 6.07) is 16.3. The monoisotopic (exact) mass is 295 g/mol. The van der Waals surface area contributed by atoms with Crippen LogP contribution in [0.2, 0.25) is 0 Å². The van der Waals surface area contributed by atoms with Crippen molar-refractivity contribution in [3.05, 3.63) is 69.8 Å². The molecule has 0 saturated heterocycles. The van der Waals surface area contributed by atoms with Gasteiger partial charge in [0.15, 0.2) is 0 Å². The number of anilines is 1. The van der Waals surface area contributed by atoms with Gasteiger partial charge in [0.1, 0.15) is 6.07 Å². The van der Waals surface area contributed by atoms with Crippen LogP contribution >= 0.6 is 0 Å². The molecular weight excluding hydrogens is 278 g/mol. The molecule has 0 fully saturated rings. The second-order valence-corrected chi connectivity index (χ2v) is 5.38. The summed E-state index contributed by atoms with van der Waals surface area (Å²) >= 11 is 0. The number of nitrogens with one attached hydrogen (secondary N) is 1. The molecule has 0 aliphatic carbocycles. The summed E-state index contributed by atoms with van der Waals surface area (Å²) in [5, 5.41) is 23.4. The molecule has 0 spiro atoms. The number of hydrogen-bond donors (Lipinski definition) is 1. The first-order valence-corrected chi connectivity index (χ1v) is 7.03. The van der Waals surface area contributed by atoms with E-state index in [1.165, 1.54) is 12.1 Å². The molecule has 0 aliphatic rings. The second-order valence-electron chi connectivity index (χ2n) is 5.38. The SMILES string of the molecule is CC(C)C(Nc1ccc([N+](=O)[O-])cc1C#N)c1ccccc1. The highest BCUT2D eigenvalue weighted by Crippen LogP contribution is 2.29. The number of nitriles is 1. The molecule has 0 bridgehead atoms. The Kier molecular flexibility index (Phi) is 4.74. The van der Waals surface area contributed by atoms with E-state index in [0.29, 0.717) is 11.6 Å². The number of nitro benzene ring substituents is 1. The van der Waals surface area contributed by atoms with E-state index in [2.05, 4.69) is 19.2 Å². The fourth-order valence-electron chi connectivity index (χ4n) is 2.33. The summed E-state index contributed by atoms with van der Waals surface area (Å²) in [6.07, 6.45) is 0. The molecule has 1 N–H and O–H groups in total. The van der Waals surface area contributed by atoms with Crippen LogP contribution in [0.3, 0.4) is 0 Å². The van der Waals surface area contributed by atoms with E-state index in [1.807, 2.05) is 36.4 Å². The van der Waals surface area contributed by atoms with Gasteiger partial charge in [-0.15, -0.1) is 0 Å². The van der Waals surface area contributed by atoms with Gasteiger partial charge in [-0.3, -0.25) is 10.1 Å². The van der Waals surface area contributed by atoms with E-state index >= 15 is 0 Å². The third kappa shape index (κ3) is 3.41. The molecule has 2 aromatic rings. The molecule has 1 atom stereocenters. The largest absolute Gasteiger partial charge is 0.377 e. The van der Waals surface area contributed by atoms with Crippen molar-refractivity contribution in [1.29, 1.82) is 5.26 Å². The third-order valence-corrected chi connectivity index (χ3v) is 3.47. The van der Waals surface area contributed by atoms with Crippen LogP contribution in [-0.2, 0) is 0 Å². The Hall–Kier alpha value is -2.87. The van der Waals surface area contributed by atoms with Crippen molar-refractivity contribution in [2.24, 2.45) is 5.92 Å². The highest BCUT2D eigenvalue weighted by atomic mass is 16.6. The second kappa shape index (κ2) is 6.72. The van der Waals surface area contributed by atoms with Gasteiger partial charge >= 0.3 is 0 Å². The normalized spacial score (nSPS) is 11.7. The Bertz CT molecular complexity index is 706. The van der Waals surface area contributed by atoms with Gasteiger partial charge in [-0.2, -0.15) is 5.26 Å². The zero-order valence-corrected chi connectivity index (χ0v) is 12.5. The molecule has 2 aromatic carbocycles. The maximum Gasteiger partial charge on any atom is 0.270 e. The highest BCUT2D eigenvalue weighted by molar-refractivity contribution is 5.62. The lowest BCUT2D eigenvalue weighted by molar-refractivity contribution is -0.384. The van der Waals surface area contributed by atoms with Crippen molar-refractivity contribution in [3.8, 4) is 6.07 Å². The van der Waals surface area contributed by atoms with Crippen LogP contribution < -0.4 is 5.32 Å². The molecule has 112 valence electrons. The number of rotatable bonds is 5. The molecule has 0 aliphatic heterocycles. The van der Waals surface area contributed by atoms with Crippen LogP contribution in [0.4, 0.5) is 11.4 Å². The Balaban J connectivity index is 2.35. The maximum atomic E-state index is 10.8. The lowest BCUT2D eigenvalue weighted by Crippen LogP contribution is -2.17. The molecule has 1 unspecified atom stereocenters. The number of nitrogens with zero attached hydrogens (tertiary/aromatic N) is 2. The first kappa shape index (κ1) is 15.5. The fourth-order valence-corrected chi connectivity index (χ4v) is 2.33. The van der Waals surface area contributed by atoms with Crippen LogP contribution in [-0.4, -0.2) is 4.92 Å². The van der Waals surface area contributed by atoms with E-state index in [9.17, 15) is 15.4 Å². The molecule has 0 aromatic heterocycles. The van der Waals surface area contributed by atoms with E-state index in [0.717, 1.165) is 5.56 Å². The van der Waals surface area contributed by atoms with Gasteiger partial charge in [0.25, 0.3) is 5.69 Å². The average molecular weight is 295 g/mol. The molecular formula is C17H17N3O2. The van der Waals surface area contributed by atoms with Gasteiger partial charge in [-0.25, -0.2) is 0 Å². The lowest BCUT2D eigenvalue weighted by Gasteiger charge is -2.24. The topological polar surface area (TPSA) is 79.0 Å². The molecule has 22 heavy (non-hydrogen) atoms. The van der Waals surface area contributed by atoms with Crippen LogP contribution in [0.1, 0.15) is 31.0 Å². The van der Waals surface area contributed by atoms with Crippen molar-refractivity contribution in [3.63, 3.8) is 0 Å². The van der Waals surface area contributed by atoms with Crippen LogP contribution in [0.25, 0.3) is 0 Å². The van der Waals surface area contributed by atoms with Crippen molar-refractivity contribution in [2.75, 3.05) is 5.32 Å². The van der Waals surface area contributed by atoms with E-state index in [4.69, 9.17) is 0 Å². The van der Waals surface area contributed by atoms with Crippen molar-refractivity contribution in [2.45, 2.75) is 19.9 Å². The Morgan fingerprint density at radius 2 is 1.86 bits per heavy atom. The molecule has 0 heterocycles. The molecule has 5 heteroatoms. The van der Waals surface area contributed by atoms with Gasteiger partial charge in [0, 0.05) is 12.1 Å². The number of benzene rings is 2. The summed E-state index contributed by atoms with van der Waals surface area (Å²) in [7, 11) is 0. The average Bonchev–Trinajstić information content (AvgIpc) is 2.52. The van der Waals surface area contributed by atoms with Gasteiger partial charge < -0.3 is 5.32 Å². The van der Waals surface area contributed by atoms with Crippen molar-refractivity contribution in [1.82, 2.24) is 0 Å². The van der Waals surface area contributed by atoms with Crippen molar-refractivity contribution < 1.29 is 4.92 Å².